The summed E-state index contributed by atoms with van der Waals surface area (Å²) in [5, 5.41) is 0.529. The van der Waals surface area contributed by atoms with Crippen LogP contribution < -0.4 is 24.9 Å². The monoisotopic (exact) mass is 452 g/mol. The molecule has 11 heteroatoms. The minimum Gasteiger partial charge on any atom is -0.453 e. The highest BCUT2D eigenvalue weighted by molar-refractivity contribution is 5.65. The van der Waals surface area contributed by atoms with Gasteiger partial charge >= 0.3 is 18.5 Å². The molecule has 3 aromatic rings. The van der Waals surface area contributed by atoms with Gasteiger partial charge in [0.25, 0.3) is 0 Å². The molecule has 0 radical (unpaired) electrons. The van der Waals surface area contributed by atoms with Crippen molar-refractivity contribution >= 4 is 11.4 Å². The maximum absolute atomic E-state index is 14.1. The van der Waals surface area contributed by atoms with Crippen LogP contribution in [0.5, 0.6) is 28.7 Å². The van der Waals surface area contributed by atoms with E-state index in [0.29, 0.717) is 22.5 Å². The molecule has 2 aliphatic heterocycles. The molecule has 0 aliphatic carbocycles. The SMILES string of the molecule is FC(F)C(F)(Oc1cccc2c1N=c1cc3c(cc1O2)=Nc1ccccc1O3)C(F)(F)F. The molecule has 0 spiro atoms. The lowest BCUT2D eigenvalue weighted by atomic mass is 10.2. The first-order chi connectivity index (χ1) is 15.2. The maximum atomic E-state index is 14.1. The first-order valence-corrected chi connectivity index (χ1v) is 9.08. The quantitative estimate of drug-likeness (QED) is 0.332. The first-order valence-electron chi connectivity index (χ1n) is 9.08. The summed E-state index contributed by atoms with van der Waals surface area (Å²) in [4.78, 5) is 8.60. The Morgan fingerprint density at radius 1 is 0.750 bits per heavy atom. The van der Waals surface area contributed by atoms with Crippen molar-refractivity contribution in [3.8, 4) is 28.7 Å². The normalized spacial score (nSPS) is 15.5. The molecule has 0 N–H and O–H groups in total. The Morgan fingerprint density at radius 2 is 1.38 bits per heavy atom. The van der Waals surface area contributed by atoms with Crippen LogP contribution in [0, 0.1) is 0 Å². The van der Waals surface area contributed by atoms with Crippen molar-refractivity contribution in [1.29, 1.82) is 0 Å². The second kappa shape index (κ2) is 6.87. The lowest BCUT2D eigenvalue weighted by Gasteiger charge is -2.28. The molecule has 0 saturated carbocycles. The van der Waals surface area contributed by atoms with Gasteiger partial charge in [-0.15, -0.1) is 0 Å². The number of alkyl halides is 6. The molecule has 3 aromatic carbocycles. The molecule has 5 nitrogen and oxygen atoms in total. The molecular weight excluding hydrogens is 442 g/mol. The van der Waals surface area contributed by atoms with Gasteiger partial charge in [-0.1, -0.05) is 18.2 Å². The number of hydrogen-bond donors (Lipinski definition) is 0. The topological polar surface area (TPSA) is 52.4 Å². The summed E-state index contributed by atoms with van der Waals surface area (Å²) in [6.07, 6.45) is -10.5. The largest absolute Gasteiger partial charge is 0.466 e. The van der Waals surface area contributed by atoms with Crippen LogP contribution >= 0.6 is 0 Å². The van der Waals surface area contributed by atoms with Gasteiger partial charge in [-0.25, -0.2) is 18.8 Å². The molecule has 0 fully saturated rings. The summed E-state index contributed by atoms with van der Waals surface area (Å²) < 4.78 is 94.4. The van der Waals surface area contributed by atoms with E-state index < -0.39 is 24.2 Å². The number of fused-ring (bicyclic) bond motifs is 4. The molecule has 32 heavy (non-hydrogen) atoms. The Bertz CT molecular complexity index is 1360. The summed E-state index contributed by atoms with van der Waals surface area (Å²) in [6, 6.07) is 13.3. The fraction of sp³-hybridized carbons (Fsp3) is 0.143. The fourth-order valence-electron chi connectivity index (χ4n) is 3.16. The Kier molecular flexibility index (Phi) is 4.33. The highest BCUT2D eigenvalue weighted by Gasteiger charge is 2.66. The molecule has 2 heterocycles. The van der Waals surface area contributed by atoms with E-state index in [4.69, 9.17) is 9.47 Å². The molecule has 1 atom stereocenters. The third kappa shape index (κ3) is 3.12. The number of ether oxygens (including phenoxy) is 3. The maximum Gasteiger partial charge on any atom is 0.466 e. The van der Waals surface area contributed by atoms with Crippen LogP contribution in [0.1, 0.15) is 0 Å². The molecule has 0 saturated heterocycles. The Hall–Kier alpha value is -3.76. The average Bonchev–Trinajstić information content (AvgIpc) is 2.74. The van der Waals surface area contributed by atoms with Crippen LogP contribution in [0.3, 0.4) is 0 Å². The van der Waals surface area contributed by atoms with Crippen LogP contribution in [0.2, 0.25) is 0 Å². The van der Waals surface area contributed by atoms with E-state index >= 15 is 0 Å². The summed E-state index contributed by atoms with van der Waals surface area (Å²) >= 11 is 0. The molecule has 2 aliphatic rings. The van der Waals surface area contributed by atoms with Crippen molar-refractivity contribution in [3.05, 3.63) is 65.3 Å². The van der Waals surface area contributed by atoms with Crippen LogP contribution in [0.25, 0.3) is 0 Å². The standard InChI is InChI=1S/C21H10F6N2O3/c22-19(23)20(24,21(25,26)27)32-15-7-3-6-14-18(15)29-12-9-16-11(8-17(12)31-14)28-10-4-1-2-5-13(10)30-16/h1-9,19H. The zero-order chi connectivity index (χ0) is 22.7. The third-order valence-corrected chi connectivity index (χ3v) is 4.71. The minimum absolute atomic E-state index is 0.106. The molecular formula is C21H10F6N2O3. The van der Waals surface area contributed by atoms with E-state index in [2.05, 4.69) is 14.7 Å². The van der Waals surface area contributed by atoms with Gasteiger partial charge in [-0.2, -0.15) is 17.6 Å². The molecule has 164 valence electrons. The van der Waals surface area contributed by atoms with Gasteiger partial charge in [0, 0.05) is 12.1 Å². The zero-order valence-corrected chi connectivity index (χ0v) is 15.7. The van der Waals surface area contributed by atoms with Gasteiger partial charge in [-0.3, -0.25) is 0 Å². The first kappa shape index (κ1) is 20.2. The predicted molar refractivity (Wildman–Crippen MR) is 97.6 cm³/mol. The van der Waals surface area contributed by atoms with Crippen molar-refractivity contribution in [1.82, 2.24) is 0 Å². The highest BCUT2D eigenvalue weighted by Crippen LogP contribution is 2.47. The van der Waals surface area contributed by atoms with Gasteiger partial charge in [0.1, 0.15) is 22.1 Å². The summed E-state index contributed by atoms with van der Waals surface area (Å²) in [5.74, 6) is -5.23. The molecule has 1 unspecified atom stereocenters. The average molecular weight is 452 g/mol. The van der Waals surface area contributed by atoms with E-state index in [1.165, 1.54) is 24.3 Å². The van der Waals surface area contributed by atoms with Crippen LogP contribution in [-0.2, 0) is 0 Å². The third-order valence-electron chi connectivity index (χ3n) is 4.71. The highest BCUT2D eigenvalue weighted by atomic mass is 19.4. The van der Waals surface area contributed by atoms with Crippen molar-refractivity contribution < 1.29 is 40.6 Å². The van der Waals surface area contributed by atoms with Gasteiger partial charge in [0.05, 0.1) is 0 Å². The van der Waals surface area contributed by atoms with E-state index in [9.17, 15) is 26.3 Å². The lowest BCUT2D eigenvalue weighted by Crippen LogP contribution is -2.52. The van der Waals surface area contributed by atoms with E-state index in [0.717, 1.165) is 6.07 Å². The fourth-order valence-corrected chi connectivity index (χ4v) is 3.16. The van der Waals surface area contributed by atoms with Crippen molar-refractivity contribution in [2.24, 2.45) is 9.98 Å². The minimum atomic E-state index is -5.99. The lowest BCUT2D eigenvalue weighted by molar-refractivity contribution is -0.340. The van der Waals surface area contributed by atoms with Gasteiger partial charge < -0.3 is 14.2 Å². The van der Waals surface area contributed by atoms with Crippen LogP contribution in [0.15, 0.2) is 64.6 Å². The smallest absolute Gasteiger partial charge is 0.453 e. The van der Waals surface area contributed by atoms with Gasteiger partial charge in [0.2, 0.25) is 0 Å². The van der Waals surface area contributed by atoms with Crippen LogP contribution in [-0.4, -0.2) is 18.5 Å². The van der Waals surface area contributed by atoms with Crippen LogP contribution in [0.4, 0.5) is 37.7 Å². The second-order valence-corrected chi connectivity index (χ2v) is 6.83. The Morgan fingerprint density at radius 3 is 2.06 bits per heavy atom. The van der Waals surface area contributed by atoms with Gasteiger partial charge in [0.15, 0.2) is 28.7 Å². The van der Waals surface area contributed by atoms with E-state index in [1.807, 2.05) is 0 Å². The van der Waals surface area contributed by atoms with Crippen molar-refractivity contribution in [2.45, 2.75) is 18.5 Å². The summed E-state index contributed by atoms with van der Waals surface area (Å²) in [5.41, 5.74) is 0.210. The molecule has 0 amide bonds. The zero-order valence-electron chi connectivity index (χ0n) is 15.7. The summed E-state index contributed by atoms with van der Waals surface area (Å²) in [6.45, 7) is 0. The molecule has 0 bridgehead atoms. The number of halogens is 6. The Balaban J connectivity index is 1.62. The number of nitrogens with zero attached hydrogens (tertiary/aromatic N) is 2. The number of hydrogen-bond acceptors (Lipinski definition) is 5. The second-order valence-electron chi connectivity index (χ2n) is 6.83. The number of benzene rings is 3. The predicted octanol–water partition coefficient (Wildman–Crippen LogP) is 5.67. The summed E-state index contributed by atoms with van der Waals surface area (Å²) in [7, 11) is 0. The van der Waals surface area contributed by atoms with E-state index in [-0.39, 0.29) is 22.5 Å². The number of para-hydroxylation sites is 3. The Labute approximate surface area is 175 Å². The molecule has 0 aromatic heterocycles. The number of rotatable bonds is 3. The molecule has 5 rings (SSSR count). The van der Waals surface area contributed by atoms with Gasteiger partial charge in [-0.05, 0) is 24.3 Å². The van der Waals surface area contributed by atoms with E-state index in [1.54, 1.807) is 24.3 Å². The van der Waals surface area contributed by atoms with Crippen molar-refractivity contribution in [3.63, 3.8) is 0 Å². The van der Waals surface area contributed by atoms with Crippen molar-refractivity contribution in [2.75, 3.05) is 0 Å².